The van der Waals surface area contributed by atoms with Crippen molar-refractivity contribution in [2.45, 2.75) is 6.10 Å². The van der Waals surface area contributed by atoms with Crippen molar-refractivity contribution in [3.05, 3.63) is 23.3 Å². The van der Waals surface area contributed by atoms with Gasteiger partial charge in [-0.3, -0.25) is 0 Å². The molecule has 5 heteroatoms. The van der Waals surface area contributed by atoms with Crippen LogP contribution >= 0.6 is 0 Å². The van der Waals surface area contributed by atoms with E-state index in [0.717, 1.165) is 6.54 Å². The Bertz CT molecular complexity index is 448. The highest BCUT2D eigenvalue weighted by Gasteiger charge is 2.21. The highest BCUT2D eigenvalue weighted by Crippen LogP contribution is 2.33. The Labute approximate surface area is 99.6 Å². The summed E-state index contributed by atoms with van der Waals surface area (Å²) in [5, 5.41) is 22.1. The number of nitrogens with one attached hydrogen (secondary N) is 1. The van der Waals surface area contributed by atoms with Crippen LogP contribution in [0.15, 0.2) is 12.1 Å². The van der Waals surface area contributed by atoms with Crippen LogP contribution in [0, 0.1) is 11.3 Å². The molecule has 1 fully saturated rings. The summed E-state index contributed by atoms with van der Waals surface area (Å²) in [6, 6.07) is 5.11. The lowest BCUT2D eigenvalue weighted by molar-refractivity contribution is 0.0263. The zero-order valence-electron chi connectivity index (χ0n) is 9.56. The maximum Gasteiger partial charge on any atom is 0.140 e. The minimum Gasteiger partial charge on any atom is -0.507 e. The normalized spacial score (nSPS) is 19.6. The zero-order valence-corrected chi connectivity index (χ0v) is 9.56. The maximum atomic E-state index is 9.90. The lowest BCUT2D eigenvalue weighted by atomic mass is 10.0. The topological polar surface area (TPSA) is 74.5 Å². The molecule has 1 saturated heterocycles. The molecule has 2 rings (SSSR count). The minimum absolute atomic E-state index is 0.0922. The van der Waals surface area contributed by atoms with Gasteiger partial charge in [0.05, 0.1) is 25.4 Å². The van der Waals surface area contributed by atoms with E-state index < -0.39 is 0 Å². The van der Waals surface area contributed by atoms with Crippen molar-refractivity contribution in [1.29, 1.82) is 5.26 Å². The zero-order chi connectivity index (χ0) is 12.3. The molecule has 1 aliphatic heterocycles. The smallest absolute Gasteiger partial charge is 0.140 e. The van der Waals surface area contributed by atoms with E-state index in [-0.39, 0.29) is 11.9 Å². The third-order valence-electron chi connectivity index (χ3n) is 2.74. The summed E-state index contributed by atoms with van der Waals surface area (Å²) in [4.78, 5) is 0. The van der Waals surface area contributed by atoms with E-state index in [1.165, 1.54) is 13.2 Å². The van der Waals surface area contributed by atoms with Crippen molar-refractivity contribution in [1.82, 2.24) is 5.32 Å². The Kier molecular flexibility index (Phi) is 3.47. The standard InChI is InChI=1S/C12H14N2O3/c1-16-11-5-10(15)9(4-8(11)6-13)12-7-14-2-3-17-12/h4-5,12,14-15H,2-3,7H2,1H3. The molecule has 2 N–H and O–H groups in total. The fraction of sp³-hybridized carbons (Fsp3) is 0.417. The molecule has 0 bridgehead atoms. The van der Waals surface area contributed by atoms with E-state index in [9.17, 15) is 5.11 Å². The molecule has 90 valence electrons. The van der Waals surface area contributed by atoms with Gasteiger partial charge < -0.3 is 19.9 Å². The summed E-state index contributed by atoms with van der Waals surface area (Å²) in [6.45, 7) is 2.03. The van der Waals surface area contributed by atoms with Crippen molar-refractivity contribution < 1.29 is 14.6 Å². The first kappa shape index (κ1) is 11.7. The lowest BCUT2D eigenvalue weighted by Crippen LogP contribution is -2.33. The predicted molar refractivity (Wildman–Crippen MR) is 60.9 cm³/mol. The number of rotatable bonds is 2. The molecule has 0 aromatic heterocycles. The Balaban J connectivity index is 2.37. The van der Waals surface area contributed by atoms with Gasteiger partial charge in [-0.25, -0.2) is 0 Å². The van der Waals surface area contributed by atoms with Gasteiger partial charge in [0.25, 0.3) is 0 Å². The average Bonchev–Trinajstić information content (AvgIpc) is 2.39. The molecular formula is C12H14N2O3. The van der Waals surface area contributed by atoms with Crippen LogP contribution in [-0.4, -0.2) is 31.9 Å². The van der Waals surface area contributed by atoms with Crippen LogP contribution in [0.2, 0.25) is 0 Å². The molecule has 0 aliphatic carbocycles. The second kappa shape index (κ2) is 5.04. The highest BCUT2D eigenvalue weighted by atomic mass is 16.5. The van der Waals surface area contributed by atoms with E-state index in [1.807, 2.05) is 6.07 Å². The SMILES string of the molecule is COc1cc(O)c(C2CNCCO2)cc1C#N. The van der Waals surface area contributed by atoms with Crippen molar-refractivity contribution in [2.75, 3.05) is 26.8 Å². The monoisotopic (exact) mass is 234 g/mol. The summed E-state index contributed by atoms with van der Waals surface area (Å²) >= 11 is 0. The van der Waals surface area contributed by atoms with E-state index in [2.05, 4.69) is 5.32 Å². The number of nitriles is 1. The number of phenolic OH excluding ortho intramolecular Hbond substituents is 1. The molecule has 1 unspecified atom stereocenters. The van der Waals surface area contributed by atoms with Gasteiger partial charge in [0, 0.05) is 24.7 Å². The van der Waals surface area contributed by atoms with Crippen LogP contribution in [0.3, 0.4) is 0 Å². The first-order valence-corrected chi connectivity index (χ1v) is 5.39. The Hall–Kier alpha value is -1.77. The number of nitrogens with zero attached hydrogens (tertiary/aromatic N) is 1. The molecule has 5 nitrogen and oxygen atoms in total. The molecule has 0 spiro atoms. The van der Waals surface area contributed by atoms with Crippen LogP contribution in [-0.2, 0) is 4.74 Å². The molecule has 1 atom stereocenters. The summed E-state index contributed by atoms with van der Waals surface area (Å²) in [6.07, 6.45) is -0.221. The third kappa shape index (κ3) is 2.33. The first-order chi connectivity index (χ1) is 8.26. The number of morpholine rings is 1. The summed E-state index contributed by atoms with van der Waals surface area (Å²) in [5.74, 6) is 0.465. The van der Waals surface area contributed by atoms with E-state index >= 15 is 0 Å². The van der Waals surface area contributed by atoms with Crippen LogP contribution < -0.4 is 10.1 Å². The Morgan fingerprint density at radius 1 is 1.59 bits per heavy atom. The van der Waals surface area contributed by atoms with Gasteiger partial charge in [0.15, 0.2) is 0 Å². The Morgan fingerprint density at radius 3 is 3.00 bits per heavy atom. The molecule has 1 aromatic rings. The van der Waals surface area contributed by atoms with Gasteiger partial charge in [-0.05, 0) is 6.07 Å². The summed E-state index contributed by atoms with van der Waals surface area (Å²) in [5.41, 5.74) is 1.02. The van der Waals surface area contributed by atoms with Crippen molar-refractivity contribution in [2.24, 2.45) is 0 Å². The van der Waals surface area contributed by atoms with Crippen molar-refractivity contribution >= 4 is 0 Å². The average molecular weight is 234 g/mol. The second-order valence-corrected chi connectivity index (χ2v) is 3.79. The third-order valence-corrected chi connectivity index (χ3v) is 2.74. The lowest BCUT2D eigenvalue weighted by Gasteiger charge is -2.25. The fourth-order valence-corrected chi connectivity index (χ4v) is 1.87. The van der Waals surface area contributed by atoms with Gasteiger partial charge in [0.1, 0.15) is 17.6 Å². The van der Waals surface area contributed by atoms with Gasteiger partial charge >= 0.3 is 0 Å². The molecule has 17 heavy (non-hydrogen) atoms. The number of ether oxygens (including phenoxy) is 2. The summed E-state index contributed by atoms with van der Waals surface area (Å²) in [7, 11) is 1.47. The number of aromatic hydroxyl groups is 1. The number of hydrogen-bond acceptors (Lipinski definition) is 5. The molecule has 0 amide bonds. The Morgan fingerprint density at radius 2 is 2.41 bits per heavy atom. The maximum absolute atomic E-state index is 9.90. The summed E-state index contributed by atoms with van der Waals surface area (Å²) < 4.78 is 10.6. The van der Waals surface area contributed by atoms with Gasteiger partial charge in [-0.15, -0.1) is 0 Å². The first-order valence-electron chi connectivity index (χ1n) is 5.39. The predicted octanol–water partition coefficient (Wildman–Crippen LogP) is 0.933. The minimum atomic E-state index is -0.221. The number of benzene rings is 1. The van der Waals surface area contributed by atoms with Gasteiger partial charge in [0.2, 0.25) is 0 Å². The quantitative estimate of drug-likeness (QED) is 0.796. The largest absolute Gasteiger partial charge is 0.507 e. The fourth-order valence-electron chi connectivity index (χ4n) is 1.87. The van der Waals surface area contributed by atoms with Crippen LogP contribution in [0.1, 0.15) is 17.2 Å². The van der Waals surface area contributed by atoms with Crippen molar-refractivity contribution in [3.8, 4) is 17.6 Å². The van der Waals surface area contributed by atoms with Crippen LogP contribution in [0.25, 0.3) is 0 Å². The van der Waals surface area contributed by atoms with Crippen molar-refractivity contribution in [3.63, 3.8) is 0 Å². The van der Waals surface area contributed by atoms with Crippen LogP contribution in [0.4, 0.5) is 0 Å². The molecule has 0 saturated carbocycles. The molecule has 1 aliphatic rings. The van der Waals surface area contributed by atoms with Gasteiger partial charge in [-0.1, -0.05) is 0 Å². The number of phenols is 1. The molecular weight excluding hydrogens is 220 g/mol. The van der Waals surface area contributed by atoms with E-state index in [4.69, 9.17) is 14.7 Å². The highest BCUT2D eigenvalue weighted by molar-refractivity contribution is 5.52. The molecule has 1 aromatic carbocycles. The molecule has 0 radical (unpaired) electrons. The number of methoxy groups -OCH3 is 1. The second-order valence-electron chi connectivity index (χ2n) is 3.79. The van der Waals surface area contributed by atoms with Gasteiger partial charge in [-0.2, -0.15) is 5.26 Å². The number of hydrogen-bond donors (Lipinski definition) is 2. The van der Waals surface area contributed by atoms with Crippen LogP contribution in [0.5, 0.6) is 11.5 Å². The molecule has 1 heterocycles. The van der Waals surface area contributed by atoms with E-state index in [0.29, 0.717) is 30.0 Å². The van der Waals surface area contributed by atoms with E-state index in [1.54, 1.807) is 6.07 Å².